The van der Waals surface area contributed by atoms with Gasteiger partial charge in [-0.3, -0.25) is 19.8 Å². The predicted molar refractivity (Wildman–Crippen MR) is 94.8 cm³/mol. The Morgan fingerprint density at radius 2 is 1.74 bits per heavy atom. The van der Waals surface area contributed by atoms with E-state index in [2.05, 4.69) is 5.32 Å². The molecule has 2 aromatic carbocycles. The summed E-state index contributed by atoms with van der Waals surface area (Å²) < 4.78 is 5.07. The maximum atomic E-state index is 12.7. The van der Waals surface area contributed by atoms with E-state index >= 15 is 0 Å². The van der Waals surface area contributed by atoms with Gasteiger partial charge in [0, 0.05) is 0 Å². The highest BCUT2D eigenvalue weighted by atomic mass is 16.5. The van der Waals surface area contributed by atoms with Crippen LogP contribution in [0.5, 0.6) is 17.2 Å². The van der Waals surface area contributed by atoms with Gasteiger partial charge in [-0.05, 0) is 41.5 Å². The molecule has 138 valence electrons. The van der Waals surface area contributed by atoms with Gasteiger partial charge in [0.15, 0.2) is 11.5 Å². The number of aromatic hydroxyl groups is 2. The summed E-state index contributed by atoms with van der Waals surface area (Å²) in [5.74, 6) is -1.67. The first-order valence-electron chi connectivity index (χ1n) is 7.93. The van der Waals surface area contributed by atoms with Crippen LogP contribution in [0.25, 0.3) is 6.08 Å². The minimum absolute atomic E-state index is 0.0277. The molecule has 1 aliphatic heterocycles. The van der Waals surface area contributed by atoms with Crippen LogP contribution in [0.4, 0.5) is 4.79 Å². The van der Waals surface area contributed by atoms with E-state index in [-0.39, 0.29) is 23.6 Å². The second kappa shape index (κ2) is 7.20. The maximum Gasteiger partial charge on any atom is 0.331 e. The van der Waals surface area contributed by atoms with Gasteiger partial charge < -0.3 is 14.9 Å². The molecule has 0 aliphatic carbocycles. The first kappa shape index (κ1) is 18.0. The lowest BCUT2D eigenvalue weighted by molar-refractivity contribution is -0.130. The topological polar surface area (TPSA) is 116 Å². The molecule has 0 spiro atoms. The summed E-state index contributed by atoms with van der Waals surface area (Å²) in [6, 6.07) is 9.85. The lowest BCUT2D eigenvalue weighted by Gasteiger charge is -2.26. The molecule has 8 heteroatoms. The number of phenols is 2. The van der Waals surface area contributed by atoms with Gasteiger partial charge >= 0.3 is 6.03 Å². The fourth-order valence-electron chi connectivity index (χ4n) is 2.55. The van der Waals surface area contributed by atoms with Crippen molar-refractivity contribution in [2.75, 3.05) is 7.11 Å². The van der Waals surface area contributed by atoms with Crippen LogP contribution in [-0.2, 0) is 16.1 Å². The highest BCUT2D eigenvalue weighted by Gasteiger charge is 2.35. The molecule has 0 atom stereocenters. The number of imide groups is 2. The van der Waals surface area contributed by atoms with Crippen LogP contribution in [0.2, 0.25) is 0 Å². The molecule has 0 bridgehead atoms. The highest BCUT2D eigenvalue weighted by Crippen LogP contribution is 2.26. The number of benzene rings is 2. The molecular formula is C19H16N2O6. The molecule has 2 aromatic rings. The summed E-state index contributed by atoms with van der Waals surface area (Å²) in [4.78, 5) is 37.7. The minimum atomic E-state index is -0.830. The van der Waals surface area contributed by atoms with Gasteiger partial charge in [0.2, 0.25) is 0 Å². The van der Waals surface area contributed by atoms with Crippen LogP contribution in [0, 0.1) is 0 Å². The Balaban J connectivity index is 1.88. The molecule has 4 amide bonds. The second-order valence-electron chi connectivity index (χ2n) is 5.80. The van der Waals surface area contributed by atoms with Crippen molar-refractivity contribution in [3.05, 3.63) is 59.2 Å². The molecular weight excluding hydrogens is 352 g/mol. The third-order valence-electron chi connectivity index (χ3n) is 4.00. The zero-order valence-corrected chi connectivity index (χ0v) is 14.3. The molecule has 3 N–H and O–H groups in total. The average molecular weight is 368 g/mol. The summed E-state index contributed by atoms with van der Waals surface area (Å²) in [5, 5.41) is 21.0. The van der Waals surface area contributed by atoms with Crippen LogP contribution in [0.3, 0.4) is 0 Å². The van der Waals surface area contributed by atoms with Gasteiger partial charge in [-0.15, -0.1) is 0 Å². The number of nitrogens with zero attached hydrogens (tertiary/aromatic N) is 1. The van der Waals surface area contributed by atoms with E-state index in [4.69, 9.17) is 4.74 Å². The summed E-state index contributed by atoms with van der Waals surface area (Å²) in [6.45, 7) is -0.0277. The number of urea groups is 1. The van der Waals surface area contributed by atoms with Gasteiger partial charge in [-0.25, -0.2) is 4.79 Å². The fourth-order valence-corrected chi connectivity index (χ4v) is 2.55. The number of hydrogen-bond acceptors (Lipinski definition) is 6. The normalized spacial score (nSPS) is 15.8. The molecule has 0 radical (unpaired) electrons. The van der Waals surface area contributed by atoms with Crippen LogP contribution in [-0.4, -0.2) is 40.1 Å². The number of phenolic OH excluding ortho intramolecular Hbond substituents is 2. The summed E-state index contributed by atoms with van der Waals surface area (Å²) in [7, 11) is 1.53. The Kier molecular flexibility index (Phi) is 4.80. The van der Waals surface area contributed by atoms with Gasteiger partial charge in [-0.1, -0.05) is 18.2 Å². The molecule has 0 aromatic heterocycles. The molecule has 0 saturated carbocycles. The quantitative estimate of drug-likeness (QED) is 0.430. The minimum Gasteiger partial charge on any atom is -0.504 e. The number of amides is 4. The molecule has 1 aliphatic rings. The first-order chi connectivity index (χ1) is 12.9. The van der Waals surface area contributed by atoms with Crippen LogP contribution in [0.15, 0.2) is 48.0 Å². The smallest absolute Gasteiger partial charge is 0.331 e. The van der Waals surface area contributed by atoms with Crippen molar-refractivity contribution in [1.82, 2.24) is 10.2 Å². The van der Waals surface area contributed by atoms with E-state index in [1.54, 1.807) is 24.3 Å². The number of carbonyl (C=O) groups is 3. The molecule has 1 saturated heterocycles. The van der Waals surface area contributed by atoms with Gasteiger partial charge in [-0.2, -0.15) is 0 Å². The van der Waals surface area contributed by atoms with Crippen molar-refractivity contribution in [1.29, 1.82) is 0 Å². The third-order valence-corrected chi connectivity index (χ3v) is 4.00. The highest BCUT2D eigenvalue weighted by molar-refractivity contribution is 6.30. The van der Waals surface area contributed by atoms with Crippen molar-refractivity contribution in [3.8, 4) is 17.2 Å². The molecule has 1 fully saturated rings. The largest absolute Gasteiger partial charge is 0.504 e. The number of barbiturate groups is 1. The lowest BCUT2D eigenvalue weighted by atomic mass is 10.1. The Labute approximate surface area is 154 Å². The summed E-state index contributed by atoms with van der Waals surface area (Å²) in [5.41, 5.74) is 0.742. The zero-order valence-electron chi connectivity index (χ0n) is 14.3. The molecule has 0 unspecified atom stereocenters. The number of carbonyl (C=O) groups excluding carboxylic acids is 3. The molecule has 27 heavy (non-hydrogen) atoms. The monoisotopic (exact) mass is 368 g/mol. The fraction of sp³-hybridized carbons (Fsp3) is 0.105. The van der Waals surface area contributed by atoms with Crippen molar-refractivity contribution in [2.24, 2.45) is 0 Å². The SMILES string of the molecule is COc1ccc(CN2C(=O)NC(=O)/C(=C/c3ccc(O)c(O)c3)C2=O)cc1. The predicted octanol–water partition coefficient (Wildman–Crippen LogP) is 1.77. The third kappa shape index (κ3) is 3.74. The maximum absolute atomic E-state index is 12.7. The van der Waals surface area contributed by atoms with E-state index in [0.717, 1.165) is 4.90 Å². The molecule has 1 heterocycles. The van der Waals surface area contributed by atoms with Gasteiger partial charge in [0.05, 0.1) is 13.7 Å². The van der Waals surface area contributed by atoms with Crippen molar-refractivity contribution < 1.29 is 29.3 Å². The van der Waals surface area contributed by atoms with E-state index < -0.39 is 17.8 Å². The molecule has 3 rings (SSSR count). The van der Waals surface area contributed by atoms with Crippen molar-refractivity contribution in [2.45, 2.75) is 6.54 Å². The zero-order chi connectivity index (χ0) is 19.6. The lowest BCUT2D eigenvalue weighted by Crippen LogP contribution is -2.53. The first-order valence-corrected chi connectivity index (χ1v) is 7.93. The van der Waals surface area contributed by atoms with Crippen molar-refractivity contribution >= 4 is 23.9 Å². The Hall–Kier alpha value is -3.81. The second-order valence-corrected chi connectivity index (χ2v) is 5.80. The Bertz CT molecular complexity index is 949. The van der Waals surface area contributed by atoms with Crippen LogP contribution < -0.4 is 10.1 Å². The Morgan fingerprint density at radius 3 is 2.37 bits per heavy atom. The van der Waals surface area contributed by atoms with E-state index in [0.29, 0.717) is 16.9 Å². The van der Waals surface area contributed by atoms with E-state index in [1.807, 2.05) is 0 Å². The van der Waals surface area contributed by atoms with E-state index in [9.17, 15) is 24.6 Å². The number of ether oxygens (including phenoxy) is 1. The van der Waals surface area contributed by atoms with Gasteiger partial charge in [0.1, 0.15) is 11.3 Å². The average Bonchev–Trinajstić information content (AvgIpc) is 2.65. The summed E-state index contributed by atoms with van der Waals surface area (Å²) in [6.07, 6.45) is 1.24. The standard InChI is InChI=1S/C19H16N2O6/c1-27-13-5-2-11(3-6-13)10-21-18(25)14(17(24)20-19(21)26)8-12-4-7-15(22)16(23)9-12/h2-9,22-23H,10H2,1H3,(H,20,24,26)/b14-8-. The number of nitrogens with one attached hydrogen (secondary N) is 1. The van der Waals surface area contributed by atoms with Crippen molar-refractivity contribution in [3.63, 3.8) is 0 Å². The number of rotatable bonds is 4. The van der Waals surface area contributed by atoms with Crippen LogP contribution >= 0.6 is 0 Å². The van der Waals surface area contributed by atoms with Gasteiger partial charge in [0.25, 0.3) is 11.8 Å². The molecule has 8 nitrogen and oxygen atoms in total. The summed E-state index contributed by atoms with van der Waals surface area (Å²) >= 11 is 0. The number of methoxy groups -OCH3 is 1. The van der Waals surface area contributed by atoms with Crippen LogP contribution in [0.1, 0.15) is 11.1 Å². The van der Waals surface area contributed by atoms with E-state index in [1.165, 1.54) is 31.4 Å². The number of hydrogen-bond donors (Lipinski definition) is 3. The Morgan fingerprint density at radius 1 is 1.04 bits per heavy atom.